The number of nitrogens with zero attached hydrogens (tertiary/aromatic N) is 3. The van der Waals surface area contributed by atoms with E-state index in [1.165, 1.54) is 0 Å². The van der Waals surface area contributed by atoms with E-state index in [2.05, 4.69) is 23.9 Å². The number of rotatable bonds is 5. The molecule has 118 valence electrons. The molecule has 0 saturated carbocycles. The van der Waals surface area contributed by atoms with Crippen LogP contribution in [-0.2, 0) is 6.61 Å². The lowest BCUT2D eigenvalue weighted by atomic mass is 10.1. The molecule has 1 aromatic carbocycles. The van der Waals surface area contributed by atoms with E-state index in [-0.39, 0.29) is 11.8 Å². The monoisotopic (exact) mass is 309 g/mol. The average molecular weight is 309 g/mol. The van der Waals surface area contributed by atoms with E-state index in [1.54, 1.807) is 30.6 Å². The second kappa shape index (κ2) is 6.52. The van der Waals surface area contributed by atoms with Gasteiger partial charge in [0.1, 0.15) is 18.1 Å². The molecule has 3 rings (SSSR count). The minimum absolute atomic E-state index is 0.187. The quantitative estimate of drug-likeness (QED) is 0.778. The van der Waals surface area contributed by atoms with Gasteiger partial charge in [-0.2, -0.15) is 5.10 Å². The Hall–Kier alpha value is -2.82. The summed E-state index contributed by atoms with van der Waals surface area (Å²) in [6, 6.07) is 12.9. The highest BCUT2D eigenvalue weighted by atomic mass is 16.5. The summed E-state index contributed by atoms with van der Waals surface area (Å²) < 4.78 is 7.73. The third-order valence-electron chi connectivity index (χ3n) is 3.51. The van der Waals surface area contributed by atoms with Crippen molar-refractivity contribution in [2.24, 2.45) is 0 Å². The molecule has 0 aliphatic rings. The fraction of sp³-hybridized carbons (Fsp3) is 0.222. The Bertz CT molecular complexity index is 796. The number of aromatic nitrogens is 3. The molecular weight excluding hydrogens is 290 g/mol. The Kier molecular flexibility index (Phi) is 4.28. The molecule has 2 heterocycles. The largest absolute Gasteiger partial charge is 0.508 e. The van der Waals surface area contributed by atoms with Crippen LogP contribution in [0.3, 0.4) is 0 Å². The number of ether oxygens (including phenoxy) is 1. The second-order valence-electron chi connectivity index (χ2n) is 5.55. The highest BCUT2D eigenvalue weighted by Gasteiger charge is 2.13. The first-order chi connectivity index (χ1) is 11.1. The number of phenolic OH excluding ortho intramolecular Hbond substituents is 1. The maximum Gasteiger partial charge on any atom is 0.123 e. The fourth-order valence-electron chi connectivity index (χ4n) is 2.43. The zero-order valence-electron chi connectivity index (χ0n) is 13.2. The summed E-state index contributed by atoms with van der Waals surface area (Å²) in [5, 5.41) is 13.9. The maximum absolute atomic E-state index is 9.51. The van der Waals surface area contributed by atoms with Crippen LogP contribution in [-0.4, -0.2) is 19.9 Å². The van der Waals surface area contributed by atoms with Crippen LogP contribution in [0.4, 0.5) is 0 Å². The Balaban J connectivity index is 1.88. The molecule has 23 heavy (non-hydrogen) atoms. The van der Waals surface area contributed by atoms with Gasteiger partial charge >= 0.3 is 0 Å². The third kappa shape index (κ3) is 3.34. The van der Waals surface area contributed by atoms with E-state index in [4.69, 9.17) is 4.74 Å². The molecule has 3 aromatic rings. The normalized spacial score (nSPS) is 10.9. The van der Waals surface area contributed by atoms with Gasteiger partial charge in [-0.3, -0.25) is 9.67 Å². The Morgan fingerprint density at radius 1 is 1.13 bits per heavy atom. The van der Waals surface area contributed by atoms with Crippen LogP contribution in [0, 0.1) is 0 Å². The van der Waals surface area contributed by atoms with E-state index < -0.39 is 0 Å². The van der Waals surface area contributed by atoms with E-state index in [9.17, 15) is 5.11 Å². The van der Waals surface area contributed by atoms with Gasteiger partial charge in [0.25, 0.3) is 0 Å². The Morgan fingerprint density at radius 2 is 2.00 bits per heavy atom. The second-order valence-corrected chi connectivity index (χ2v) is 5.55. The average Bonchev–Trinajstić information content (AvgIpc) is 3.03. The van der Waals surface area contributed by atoms with Crippen LogP contribution in [0.1, 0.15) is 25.5 Å². The lowest BCUT2D eigenvalue weighted by Crippen LogP contribution is -2.07. The predicted octanol–water partition coefficient (Wildman–Crippen LogP) is 3.81. The molecule has 0 radical (unpaired) electrons. The van der Waals surface area contributed by atoms with E-state index in [0.29, 0.717) is 12.4 Å². The molecule has 0 spiro atoms. The first kappa shape index (κ1) is 15.1. The molecule has 0 fully saturated rings. The smallest absolute Gasteiger partial charge is 0.123 e. The molecule has 5 nitrogen and oxygen atoms in total. The molecule has 1 N–H and O–H groups in total. The van der Waals surface area contributed by atoms with Crippen LogP contribution in [0.25, 0.3) is 11.4 Å². The molecule has 0 aliphatic carbocycles. The van der Waals surface area contributed by atoms with Gasteiger partial charge in [-0.25, -0.2) is 0 Å². The maximum atomic E-state index is 9.51. The van der Waals surface area contributed by atoms with E-state index in [1.807, 2.05) is 28.9 Å². The van der Waals surface area contributed by atoms with Crippen molar-refractivity contribution in [1.29, 1.82) is 0 Å². The highest BCUT2D eigenvalue weighted by molar-refractivity contribution is 5.59. The minimum atomic E-state index is 0.187. The predicted molar refractivity (Wildman–Crippen MR) is 88.3 cm³/mol. The zero-order chi connectivity index (χ0) is 16.2. The first-order valence-corrected chi connectivity index (χ1v) is 7.55. The summed E-state index contributed by atoms with van der Waals surface area (Å²) in [6.07, 6.45) is 3.55. The number of pyridine rings is 1. The summed E-state index contributed by atoms with van der Waals surface area (Å²) in [5.41, 5.74) is 2.80. The van der Waals surface area contributed by atoms with Crippen LogP contribution in [0.15, 0.2) is 54.9 Å². The number of hydrogen-bond donors (Lipinski definition) is 1. The summed E-state index contributed by atoms with van der Waals surface area (Å²) >= 11 is 0. The van der Waals surface area contributed by atoms with Crippen molar-refractivity contribution in [3.05, 3.63) is 60.4 Å². The molecule has 2 aromatic heterocycles. The van der Waals surface area contributed by atoms with Gasteiger partial charge in [0, 0.05) is 30.1 Å². The number of phenols is 1. The molecule has 5 heteroatoms. The fourth-order valence-corrected chi connectivity index (χ4v) is 2.43. The summed E-state index contributed by atoms with van der Waals surface area (Å²) in [4.78, 5) is 4.50. The molecular formula is C18H19N3O2. The highest BCUT2D eigenvalue weighted by Crippen LogP contribution is 2.25. The van der Waals surface area contributed by atoms with Crippen molar-refractivity contribution < 1.29 is 9.84 Å². The van der Waals surface area contributed by atoms with Crippen molar-refractivity contribution in [2.75, 3.05) is 0 Å². The molecule has 0 saturated heterocycles. The van der Waals surface area contributed by atoms with Crippen molar-refractivity contribution in [3.63, 3.8) is 0 Å². The Morgan fingerprint density at radius 3 is 2.78 bits per heavy atom. The van der Waals surface area contributed by atoms with Gasteiger partial charge in [0.05, 0.1) is 11.4 Å². The molecule has 0 atom stereocenters. The van der Waals surface area contributed by atoms with Gasteiger partial charge in [0.15, 0.2) is 0 Å². The van der Waals surface area contributed by atoms with Gasteiger partial charge in [-0.05, 0) is 38.1 Å². The van der Waals surface area contributed by atoms with Crippen LogP contribution < -0.4 is 4.74 Å². The van der Waals surface area contributed by atoms with Crippen molar-refractivity contribution in [1.82, 2.24) is 14.8 Å². The SMILES string of the molecule is CC(C)n1nccc1-c1ncccc1COc1cccc(O)c1. The molecule has 0 bridgehead atoms. The van der Waals surface area contributed by atoms with Crippen LogP contribution in [0.5, 0.6) is 11.5 Å². The van der Waals surface area contributed by atoms with Gasteiger partial charge in [0.2, 0.25) is 0 Å². The lowest BCUT2D eigenvalue weighted by molar-refractivity contribution is 0.304. The van der Waals surface area contributed by atoms with Crippen molar-refractivity contribution >= 4 is 0 Å². The first-order valence-electron chi connectivity index (χ1n) is 7.55. The van der Waals surface area contributed by atoms with E-state index in [0.717, 1.165) is 17.0 Å². The van der Waals surface area contributed by atoms with Crippen molar-refractivity contribution in [2.45, 2.75) is 26.5 Å². The Labute approximate surface area is 135 Å². The number of benzene rings is 1. The number of aromatic hydroxyl groups is 1. The summed E-state index contributed by atoms with van der Waals surface area (Å²) in [5.74, 6) is 0.809. The molecule has 0 aliphatic heterocycles. The van der Waals surface area contributed by atoms with E-state index >= 15 is 0 Å². The summed E-state index contributed by atoms with van der Waals surface area (Å²) in [6.45, 7) is 4.54. The zero-order valence-corrected chi connectivity index (χ0v) is 13.2. The van der Waals surface area contributed by atoms with Crippen LogP contribution >= 0.6 is 0 Å². The van der Waals surface area contributed by atoms with Gasteiger partial charge in [-0.15, -0.1) is 0 Å². The lowest BCUT2D eigenvalue weighted by Gasteiger charge is -2.14. The van der Waals surface area contributed by atoms with Gasteiger partial charge in [-0.1, -0.05) is 12.1 Å². The number of hydrogen-bond acceptors (Lipinski definition) is 4. The van der Waals surface area contributed by atoms with Crippen LogP contribution in [0.2, 0.25) is 0 Å². The standard InChI is InChI=1S/C18H19N3O2/c1-13(2)21-17(8-10-20-21)18-14(5-4-9-19-18)12-23-16-7-3-6-15(22)11-16/h3-11,13,22H,12H2,1-2H3. The topological polar surface area (TPSA) is 60.2 Å². The molecule has 0 unspecified atom stereocenters. The third-order valence-corrected chi connectivity index (χ3v) is 3.51. The van der Waals surface area contributed by atoms with Gasteiger partial charge < -0.3 is 9.84 Å². The minimum Gasteiger partial charge on any atom is -0.508 e. The summed E-state index contributed by atoms with van der Waals surface area (Å²) in [7, 11) is 0. The molecule has 0 amide bonds. The van der Waals surface area contributed by atoms with Crippen molar-refractivity contribution in [3.8, 4) is 22.9 Å².